The molecule has 5 rings (SSSR count). The third-order valence-electron chi connectivity index (χ3n) is 9.95. The first kappa shape index (κ1) is 40.3. The number of benzene rings is 2. The Morgan fingerprint density at radius 1 is 0.764 bits per heavy atom. The van der Waals surface area contributed by atoms with Gasteiger partial charge in [0.05, 0.1) is 32.2 Å². The van der Waals surface area contributed by atoms with Gasteiger partial charge in [0.2, 0.25) is 11.8 Å². The molecule has 2 aliphatic heterocycles. The maximum absolute atomic E-state index is 13.5. The van der Waals surface area contributed by atoms with Crippen molar-refractivity contribution < 1.29 is 38.2 Å². The summed E-state index contributed by atoms with van der Waals surface area (Å²) >= 11 is 0. The Balaban J connectivity index is 1.20. The summed E-state index contributed by atoms with van der Waals surface area (Å²) in [6.45, 7) is 8.19. The minimum atomic E-state index is -0.884. The van der Waals surface area contributed by atoms with Crippen LogP contribution >= 0.6 is 0 Å². The highest BCUT2D eigenvalue weighted by Crippen LogP contribution is 2.33. The van der Waals surface area contributed by atoms with Crippen molar-refractivity contribution in [2.45, 2.75) is 77.5 Å². The van der Waals surface area contributed by atoms with Crippen molar-refractivity contribution in [3.63, 3.8) is 0 Å². The second-order valence-corrected chi connectivity index (χ2v) is 14.4. The molecule has 0 bridgehead atoms. The summed E-state index contributed by atoms with van der Waals surface area (Å²) < 4.78 is 9.39. The molecule has 0 unspecified atom stereocenters. The maximum Gasteiger partial charge on any atom is 0.407 e. The number of rotatable bonds is 11. The molecule has 4 atom stereocenters. The lowest BCUT2D eigenvalue weighted by Crippen LogP contribution is -2.55. The largest absolute Gasteiger partial charge is 0.453 e. The first-order valence-electron chi connectivity index (χ1n) is 18.5. The number of anilines is 1. The van der Waals surface area contributed by atoms with Gasteiger partial charge in [0.25, 0.3) is 5.91 Å². The molecule has 2 aromatic carbocycles. The smallest absolute Gasteiger partial charge is 0.407 e. The number of alkyl carbamates (subject to hydrolysis) is 2. The summed E-state index contributed by atoms with van der Waals surface area (Å²) in [6, 6.07) is 11.5. The summed E-state index contributed by atoms with van der Waals surface area (Å²) in [4.78, 5) is 87.9. The standard InChI is InChI=1S/C39H50N8O8/c1-22(2)31(43-38(52)54-5)35(49)46-18-8-12-29(46)33-40-21-28(42-33)25-16-14-24(15-17-25)26-10-7-11-27(20-26)41-37(51)45-34(48)30-13-9-19-47(30)36(50)32(23(3)4)44-39(53)55-6/h7,10-11,14-17,20-23,29-32H,8-9,12-13,18-19H2,1-6H3,(H,40,42)(H,43,52)(H,44,53)(H2,41,45,48,51)/t29-,30-,31-,32-/m0/s1. The number of aromatic amines is 1. The Labute approximate surface area is 320 Å². The average Bonchev–Trinajstić information content (AvgIpc) is 3.97. The molecule has 0 spiro atoms. The number of methoxy groups -OCH3 is 2. The molecule has 16 nitrogen and oxygen atoms in total. The number of nitrogens with zero attached hydrogens (tertiary/aromatic N) is 3. The number of ether oxygens (including phenoxy) is 2. The van der Waals surface area contributed by atoms with Crippen LogP contribution in [0, 0.1) is 11.8 Å². The van der Waals surface area contributed by atoms with Crippen LogP contribution in [0.2, 0.25) is 0 Å². The quantitative estimate of drug-likeness (QED) is 0.182. The van der Waals surface area contributed by atoms with E-state index in [9.17, 15) is 28.8 Å². The molecular weight excluding hydrogens is 708 g/mol. The molecule has 2 aliphatic rings. The zero-order chi connectivity index (χ0) is 39.8. The first-order valence-corrected chi connectivity index (χ1v) is 18.5. The van der Waals surface area contributed by atoms with Crippen molar-refractivity contribution in [1.29, 1.82) is 0 Å². The summed E-state index contributed by atoms with van der Waals surface area (Å²) in [5.74, 6) is -0.918. The Hall–Kier alpha value is -5.93. The molecule has 3 aromatic rings. The highest BCUT2D eigenvalue weighted by Gasteiger charge is 2.40. The van der Waals surface area contributed by atoms with E-state index in [2.05, 4.69) is 36.0 Å². The molecule has 16 heteroatoms. The summed E-state index contributed by atoms with van der Waals surface area (Å²) in [5, 5.41) is 10.3. The molecule has 7 amide bonds. The SMILES string of the molecule is COC(=O)N[C@H](C(=O)N1CCC[C@H]1C(=O)NC(=O)Nc1cccc(-c2ccc(-c3cnc([C@@H]4CCCN4C(=O)[C@@H](NC(=O)OC)C(C)C)[nH]3)cc2)c1)C(C)C. The fraction of sp³-hybridized carbons (Fsp3) is 0.462. The highest BCUT2D eigenvalue weighted by atomic mass is 16.5. The molecule has 0 aliphatic carbocycles. The van der Waals surface area contributed by atoms with Crippen molar-refractivity contribution in [2.24, 2.45) is 11.8 Å². The number of H-pyrrole nitrogens is 1. The Kier molecular flexibility index (Phi) is 13.1. The van der Waals surface area contributed by atoms with Crippen LogP contribution in [0.25, 0.3) is 22.4 Å². The number of hydrogen-bond acceptors (Lipinski definition) is 9. The molecule has 0 radical (unpaired) electrons. The van der Waals surface area contributed by atoms with Gasteiger partial charge in [-0.3, -0.25) is 19.7 Å². The topological polar surface area (TPSA) is 204 Å². The van der Waals surface area contributed by atoms with Crippen molar-refractivity contribution in [3.8, 4) is 22.4 Å². The summed E-state index contributed by atoms with van der Waals surface area (Å²) in [6.07, 6.45) is 2.86. The van der Waals surface area contributed by atoms with E-state index in [1.54, 1.807) is 43.1 Å². The zero-order valence-electron chi connectivity index (χ0n) is 32.0. The summed E-state index contributed by atoms with van der Waals surface area (Å²) in [7, 11) is 2.48. The van der Waals surface area contributed by atoms with Gasteiger partial charge in [-0.15, -0.1) is 0 Å². The van der Waals surface area contributed by atoms with Crippen LogP contribution in [0.3, 0.4) is 0 Å². The second-order valence-electron chi connectivity index (χ2n) is 14.4. The number of amides is 7. The third-order valence-corrected chi connectivity index (χ3v) is 9.95. The van der Waals surface area contributed by atoms with E-state index < -0.39 is 48.2 Å². The van der Waals surface area contributed by atoms with E-state index in [-0.39, 0.29) is 23.8 Å². The predicted octanol–water partition coefficient (Wildman–Crippen LogP) is 4.81. The van der Waals surface area contributed by atoms with E-state index in [0.29, 0.717) is 37.4 Å². The number of likely N-dealkylation sites (tertiary alicyclic amines) is 2. The van der Waals surface area contributed by atoms with Gasteiger partial charge < -0.3 is 40.2 Å². The van der Waals surface area contributed by atoms with Gasteiger partial charge in [-0.25, -0.2) is 19.4 Å². The van der Waals surface area contributed by atoms with Gasteiger partial charge in [0.15, 0.2) is 0 Å². The van der Waals surface area contributed by atoms with E-state index in [4.69, 9.17) is 4.74 Å². The normalized spacial score (nSPS) is 17.7. The Bertz CT molecular complexity index is 1880. The number of imidazole rings is 1. The monoisotopic (exact) mass is 758 g/mol. The lowest BCUT2D eigenvalue weighted by Gasteiger charge is -2.30. The van der Waals surface area contributed by atoms with Crippen molar-refractivity contribution in [3.05, 3.63) is 60.6 Å². The van der Waals surface area contributed by atoms with Crippen LogP contribution in [0.5, 0.6) is 0 Å². The molecule has 55 heavy (non-hydrogen) atoms. The molecule has 2 saturated heterocycles. The fourth-order valence-electron chi connectivity index (χ4n) is 7.00. The van der Waals surface area contributed by atoms with Crippen molar-refractivity contribution in [1.82, 2.24) is 35.7 Å². The fourth-order valence-corrected chi connectivity index (χ4v) is 7.00. The molecular formula is C39H50N8O8. The minimum Gasteiger partial charge on any atom is -0.453 e. The maximum atomic E-state index is 13.5. The average molecular weight is 759 g/mol. The van der Waals surface area contributed by atoms with Crippen LogP contribution in [0.4, 0.5) is 20.1 Å². The number of hydrogen-bond donors (Lipinski definition) is 5. The minimum absolute atomic E-state index is 0.133. The van der Waals surface area contributed by atoms with Gasteiger partial charge in [-0.2, -0.15) is 0 Å². The Morgan fingerprint density at radius 2 is 1.35 bits per heavy atom. The third kappa shape index (κ3) is 9.60. The lowest BCUT2D eigenvalue weighted by atomic mass is 10.0. The zero-order valence-corrected chi connectivity index (χ0v) is 32.0. The number of carbonyl (C=O) groups is 6. The number of urea groups is 1. The number of aromatic nitrogens is 2. The first-order chi connectivity index (χ1) is 26.3. The molecule has 294 valence electrons. The van der Waals surface area contributed by atoms with Crippen LogP contribution in [-0.4, -0.2) is 101 Å². The predicted molar refractivity (Wildman–Crippen MR) is 203 cm³/mol. The van der Waals surface area contributed by atoms with Gasteiger partial charge in [0.1, 0.15) is 23.9 Å². The molecule has 2 fully saturated rings. The molecule has 3 heterocycles. The van der Waals surface area contributed by atoms with Crippen LogP contribution in [0.1, 0.15) is 65.2 Å². The van der Waals surface area contributed by atoms with E-state index in [1.165, 1.54) is 19.1 Å². The van der Waals surface area contributed by atoms with Gasteiger partial charge in [0, 0.05) is 18.8 Å². The summed E-state index contributed by atoms with van der Waals surface area (Å²) in [5.41, 5.74) is 3.84. The van der Waals surface area contributed by atoms with E-state index in [0.717, 1.165) is 35.2 Å². The molecule has 0 saturated carbocycles. The van der Waals surface area contributed by atoms with E-state index in [1.807, 2.05) is 44.2 Å². The number of imide groups is 1. The lowest BCUT2D eigenvalue weighted by molar-refractivity contribution is -0.140. The van der Waals surface area contributed by atoms with Crippen LogP contribution < -0.4 is 21.3 Å². The second kappa shape index (κ2) is 17.9. The molecule has 1 aromatic heterocycles. The van der Waals surface area contributed by atoms with E-state index >= 15 is 0 Å². The number of nitrogens with one attached hydrogen (secondary N) is 5. The Morgan fingerprint density at radius 3 is 1.96 bits per heavy atom. The van der Waals surface area contributed by atoms with Gasteiger partial charge in [-0.1, -0.05) is 64.1 Å². The van der Waals surface area contributed by atoms with Crippen LogP contribution in [-0.2, 0) is 23.9 Å². The van der Waals surface area contributed by atoms with Crippen LogP contribution in [0.15, 0.2) is 54.7 Å². The van der Waals surface area contributed by atoms with Crippen molar-refractivity contribution >= 4 is 41.6 Å². The van der Waals surface area contributed by atoms with Gasteiger partial charge >= 0.3 is 18.2 Å². The van der Waals surface area contributed by atoms with Crippen molar-refractivity contribution in [2.75, 3.05) is 32.6 Å². The van der Waals surface area contributed by atoms with Gasteiger partial charge in [-0.05, 0) is 66.3 Å². The molecule has 5 N–H and O–H groups in total. The highest BCUT2D eigenvalue weighted by molar-refractivity contribution is 6.04. The number of carbonyl (C=O) groups excluding carboxylic acids is 6.